The molecule has 0 rings (SSSR count). The third-order valence-electron chi connectivity index (χ3n) is 2.93. The number of aliphatic hydroxyl groups excluding tert-OH is 1. The van der Waals surface area contributed by atoms with E-state index in [0.717, 1.165) is 6.42 Å². The Hall–Kier alpha value is -0.900. The van der Waals surface area contributed by atoms with Gasteiger partial charge in [0.1, 0.15) is 18.3 Å². The number of hydrogen-bond acceptors (Lipinski definition) is 4. The average molecular weight is 244 g/mol. The Labute approximate surface area is 103 Å². The van der Waals surface area contributed by atoms with E-state index in [9.17, 15) is 14.7 Å². The first-order chi connectivity index (χ1) is 7.90. The second kappa shape index (κ2) is 8.23. The molecule has 0 saturated heterocycles. The fourth-order valence-electron chi connectivity index (χ4n) is 1.51. The van der Waals surface area contributed by atoms with Crippen molar-refractivity contribution in [2.75, 3.05) is 0 Å². The van der Waals surface area contributed by atoms with E-state index in [4.69, 9.17) is 4.74 Å². The Morgan fingerprint density at radius 2 is 1.82 bits per heavy atom. The van der Waals surface area contributed by atoms with Crippen molar-refractivity contribution in [2.24, 2.45) is 5.92 Å². The lowest BCUT2D eigenvalue weighted by Crippen LogP contribution is -2.29. The minimum atomic E-state index is -0.494. The summed E-state index contributed by atoms with van der Waals surface area (Å²) in [4.78, 5) is 22.2. The van der Waals surface area contributed by atoms with Gasteiger partial charge in [0.25, 0.3) is 0 Å². The molecule has 0 spiro atoms. The van der Waals surface area contributed by atoms with Gasteiger partial charge >= 0.3 is 5.97 Å². The summed E-state index contributed by atoms with van der Waals surface area (Å²) in [5.41, 5.74) is 0. The summed E-state index contributed by atoms with van der Waals surface area (Å²) in [5.74, 6) is -0.507. The molecular formula is C13H24O4. The molecule has 0 fully saturated rings. The van der Waals surface area contributed by atoms with Gasteiger partial charge in [0.2, 0.25) is 0 Å². The van der Waals surface area contributed by atoms with Gasteiger partial charge in [-0.3, -0.25) is 9.59 Å². The van der Waals surface area contributed by atoms with E-state index in [2.05, 4.69) is 0 Å². The van der Waals surface area contributed by atoms with Crippen LogP contribution in [0.2, 0.25) is 0 Å². The smallest absolute Gasteiger partial charge is 0.313 e. The van der Waals surface area contributed by atoms with Crippen LogP contribution in [0.5, 0.6) is 0 Å². The maximum Gasteiger partial charge on any atom is 0.313 e. The van der Waals surface area contributed by atoms with E-state index in [1.54, 1.807) is 0 Å². The van der Waals surface area contributed by atoms with Crippen LogP contribution in [-0.2, 0) is 14.3 Å². The lowest BCUT2D eigenvalue weighted by Gasteiger charge is -2.25. The average Bonchev–Trinajstić information content (AvgIpc) is 2.25. The van der Waals surface area contributed by atoms with Crippen molar-refractivity contribution in [1.82, 2.24) is 0 Å². The number of carbonyl (C=O) groups is 2. The van der Waals surface area contributed by atoms with Crippen molar-refractivity contribution in [2.45, 2.75) is 65.6 Å². The molecule has 0 radical (unpaired) electrons. The topological polar surface area (TPSA) is 63.6 Å². The highest BCUT2D eigenvalue weighted by Crippen LogP contribution is 2.18. The first-order valence-corrected chi connectivity index (χ1v) is 6.27. The number of esters is 1. The lowest BCUT2D eigenvalue weighted by atomic mass is 9.96. The third kappa shape index (κ3) is 7.10. The Balaban J connectivity index is 4.37. The third-order valence-corrected chi connectivity index (χ3v) is 2.93. The molecule has 0 bridgehead atoms. The highest BCUT2D eigenvalue weighted by Gasteiger charge is 2.23. The van der Waals surface area contributed by atoms with Crippen molar-refractivity contribution < 1.29 is 19.4 Å². The summed E-state index contributed by atoms with van der Waals surface area (Å²) in [6.45, 7) is 7.24. The van der Waals surface area contributed by atoms with Gasteiger partial charge in [0.05, 0.1) is 6.10 Å². The molecule has 0 aliphatic rings. The zero-order valence-corrected chi connectivity index (χ0v) is 11.2. The summed E-state index contributed by atoms with van der Waals surface area (Å²) < 4.78 is 5.27. The van der Waals surface area contributed by atoms with Gasteiger partial charge in [-0.2, -0.15) is 0 Å². The number of ketones is 1. The fraction of sp³-hybridized carbons (Fsp3) is 0.846. The van der Waals surface area contributed by atoms with Crippen molar-refractivity contribution in [3.63, 3.8) is 0 Å². The summed E-state index contributed by atoms with van der Waals surface area (Å²) in [5, 5.41) is 9.61. The van der Waals surface area contributed by atoms with Crippen LogP contribution in [0.3, 0.4) is 0 Å². The Morgan fingerprint density at radius 1 is 1.24 bits per heavy atom. The van der Waals surface area contributed by atoms with Gasteiger partial charge in [0.15, 0.2) is 0 Å². The number of rotatable bonds is 8. The molecular weight excluding hydrogens is 220 g/mol. The second-order valence-corrected chi connectivity index (χ2v) is 4.59. The van der Waals surface area contributed by atoms with E-state index < -0.39 is 12.1 Å². The summed E-state index contributed by atoms with van der Waals surface area (Å²) in [6.07, 6.45) is 0.997. The van der Waals surface area contributed by atoms with Gasteiger partial charge in [0, 0.05) is 6.42 Å². The Morgan fingerprint density at radius 3 is 2.24 bits per heavy atom. The first-order valence-electron chi connectivity index (χ1n) is 6.27. The molecule has 4 nitrogen and oxygen atoms in total. The maximum atomic E-state index is 11.4. The standard InChI is InChI=1S/C13H24O4/c1-5-9(3)12(8-11(15)6-2)17-13(16)7-10(4)14/h9,11-12,15H,5-8H2,1-4H3. The van der Waals surface area contributed by atoms with Crippen LogP contribution in [0.1, 0.15) is 53.4 Å². The van der Waals surface area contributed by atoms with Crippen LogP contribution in [-0.4, -0.2) is 29.1 Å². The van der Waals surface area contributed by atoms with Crippen LogP contribution < -0.4 is 0 Å². The van der Waals surface area contributed by atoms with E-state index in [0.29, 0.717) is 12.8 Å². The molecule has 0 aromatic rings. The van der Waals surface area contributed by atoms with E-state index in [1.165, 1.54) is 6.92 Å². The summed E-state index contributed by atoms with van der Waals surface area (Å²) in [6, 6.07) is 0. The highest BCUT2D eigenvalue weighted by molar-refractivity contribution is 5.94. The molecule has 0 aromatic carbocycles. The number of aliphatic hydroxyl groups is 1. The van der Waals surface area contributed by atoms with E-state index >= 15 is 0 Å². The molecule has 1 N–H and O–H groups in total. The lowest BCUT2D eigenvalue weighted by molar-refractivity contribution is -0.154. The van der Waals surface area contributed by atoms with Crippen molar-refractivity contribution in [3.05, 3.63) is 0 Å². The molecule has 0 saturated carbocycles. The second-order valence-electron chi connectivity index (χ2n) is 4.59. The predicted octanol–water partition coefficient (Wildman–Crippen LogP) is 2.08. The Bertz CT molecular complexity index is 250. The molecule has 0 heterocycles. The number of ether oxygens (including phenoxy) is 1. The van der Waals surface area contributed by atoms with Gasteiger partial charge in [-0.15, -0.1) is 0 Å². The molecule has 17 heavy (non-hydrogen) atoms. The zero-order valence-electron chi connectivity index (χ0n) is 11.2. The van der Waals surface area contributed by atoms with Gasteiger partial charge in [-0.1, -0.05) is 27.2 Å². The normalized spacial score (nSPS) is 16.1. The minimum absolute atomic E-state index is 0.185. The van der Waals surface area contributed by atoms with Gasteiger partial charge in [-0.05, 0) is 19.3 Å². The molecule has 0 aromatic heterocycles. The summed E-state index contributed by atoms with van der Waals surface area (Å²) >= 11 is 0. The predicted molar refractivity (Wildman–Crippen MR) is 65.5 cm³/mol. The van der Waals surface area contributed by atoms with E-state index in [-0.39, 0.29) is 24.2 Å². The first kappa shape index (κ1) is 16.1. The van der Waals surface area contributed by atoms with Gasteiger partial charge < -0.3 is 9.84 Å². The van der Waals surface area contributed by atoms with Crippen LogP contribution >= 0.6 is 0 Å². The highest BCUT2D eigenvalue weighted by atomic mass is 16.5. The molecule has 3 unspecified atom stereocenters. The summed E-state index contributed by atoms with van der Waals surface area (Å²) in [7, 11) is 0. The van der Waals surface area contributed by atoms with Crippen molar-refractivity contribution in [1.29, 1.82) is 0 Å². The molecule has 3 atom stereocenters. The number of hydrogen-bond donors (Lipinski definition) is 1. The molecule has 0 amide bonds. The molecule has 4 heteroatoms. The number of carbonyl (C=O) groups excluding carboxylic acids is 2. The monoisotopic (exact) mass is 244 g/mol. The van der Waals surface area contributed by atoms with Crippen LogP contribution in [0.4, 0.5) is 0 Å². The number of Topliss-reactive ketones (excluding diaryl/α,β-unsaturated/α-hetero) is 1. The van der Waals surface area contributed by atoms with Gasteiger partial charge in [-0.25, -0.2) is 0 Å². The molecule has 100 valence electrons. The SMILES string of the molecule is CCC(O)CC(OC(=O)CC(C)=O)C(C)CC. The zero-order chi connectivity index (χ0) is 13.4. The molecule has 0 aliphatic carbocycles. The van der Waals surface area contributed by atoms with Crippen LogP contribution in [0, 0.1) is 5.92 Å². The Kier molecular flexibility index (Phi) is 7.79. The largest absolute Gasteiger partial charge is 0.462 e. The quantitative estimate of drug-likeness (QED) is 0.524. The van der Waals surface area contributed by atoms with Crippen LogP contribution in [0.25, 0.3) is 0 Å². The molecule has 0 aliphatic heterocycles. The van der Waals surface area contributed by atoms with E-state index in [1.807, 2.05) is 20.8 Å². The maximum absolute atomic E-state index is 11.4. The van der Waals surface area contributed by atoms with Crippen LogP contribution in [0.15, 0.2) is 0 Å². The van der Waals surface area contributed by atoms with Crippen molar-refractivity contribution in [3.8, 4) is 0 Å². The minimum Gasteiger partial charge on any atom is -0.462 e. The fourth-order valence-corrected chi connectivity index (χ4v) is 1.51. The van der Waals surface area contributed by atoms with Crippen molar-refractivity contribution >= 4 is 11.8 Å².